The highest BCUT2D eigenvalue weighted by atomic mass is 28.4. The second-order valence-electron chi connectivity index (χ2n) is 9.27. The third-order valence-corrected chi connectivity index (χ3v) is 10.8. The maximum atomic E-state index is 15.9. The SMILES string of the molecule is C#C[C@@]1(F)[C@H](C)[C@@H](CO[Si](C)(C)C(C)(C)C)O[C@H]1n1cnc2c(=O)[nH]c(C)nc21. The predicted molar refractivity (Wildman–Crippen MR) is 112 cm³/mol. The highest BCUT2D eigenvalue weighted by Crippen LogP contribution is 2.46. The van der Waals surface area contributed by atoms with Gasteiger partial charge in [0.05, 0.1) is 19.0 Å². The second-order valence-corrected chi connectivity index (χ2v) is 14.1. The van der Waals surface area contributed by atoms with Crippen LogP contribution in [0, 0.1) is 25.2 Å². The van der Waals surface area contributed by atoms with Crippen LogP contribution in [0.2, 0.25) is 18.1 Å². The average molecular weight is 421 g/mol. The molecule has 1 saturated heterocycles. The predicted octanol–water partition coefficient (Wildman–Crippen LogP) is 3.32. The summed E-state index contributed by atoms with van der Waals surface area (Å²) in [7, 11) is -2.04. The van der Waals surface area contributed by atoms with Gasteiger partial charge < -0.3 is 14.1 Å². The number of imidazole rings is 1. The number of alkyl halides is 1. The molecule has 4 atom stereocenters. The summed E-state index contributed by atoms with van der Waals surface area (Å²) in [5.41, 5.74) is -2.12. The van der Waals surface area contributed by atoms with Gasteiger partial charge in [0.25, 0.3) is 5.56 Å². The number of fused-ring (bicyclic) bond motifs is 1. The first-order chi connectivity index (χ1) is 13.3. The van der Waals surface area contributed by atoms with Crippen LogP contribution in [0.4, 0.5) is 4.39 Å². The number of aromatic amines is 1. The maximum absolute atomic E-state index is 15.9. The summed E-state index contributed by atoms with van der Waals surface area (Å²) in [6.45, 7) is 14.3. The van der Waals surface area contributed by atoms with Crippen LogP contribution in [0.25, 0.3) is 11.2 Å². The van der Waals surface area contributed by atoms with Crippen molar-refractivity contribution in [1.82, 2.24) is 19.5 Å². The zero-order valence-electron chi connectivity index (χ0n) is 18.0. The molecule has 0 amide bonds. The Kier molecular flexibility index (Phi) is 5.26. The van der Waals surface area contributed by atoms with Gasteiger partial charge in [0.2, 0.25) is 5.67 Å². The number of ether oxygens (including phenoxy) is 1. The summed E-state index contributed by atoms with van der Waals surface area (Å²) < 4.78 is 29.7. The number of hydrogen-bond acceptors (Lipinski definition) is 5. The van der Waals surface area contributed by atoms with Gasteiger partial charge in [0.1, 0.15) is 5.82 Å². The molecule has 3 rings (SSSR count). The number of aryl methyl sites for hydroxylation is 1. The van der Waals surface area contributed by atoms with E-state index in [1.807, 2.05) is 0 Å². The van der Waals surface area contributed by atoms with E-state index < -0.39 is 32.2 Å². The van der Waals surface area contributed by atoms with Crippen molar-refractivity contribution in [1.29, 1.82) is 0 Å². The van der Waals surface area contributed by atoms with Crippen LogP contribution in [0.3, 0.4) is 0 Å². The van der Waals surface area contributed by atoms with Gasteiger partial charge in [0, 0.05) is 5.92 Å². The minimum Gasteiger partial charge on any atom is -0.414 e. The normalized spacial score (nSPS) is 28.0. The van der Waals surface area contributed by atoms with Gasteiger partial charge in [-0.3, -0.25) is 9.36 Å². The Morgan fingerprint density at radius 2 is 2.14 bits per heavy atom. The quantitative estimate of drug-likeness (QED) is 0.606. The van der Waals surface area contributed by atoms with Crippen LogP contribution in [-0.2, 0) is 9.16 Å². The molecule has 7 nitrogen and oxygen atoms in total. The molecule has 0 saturated carbocycles. The fourth-order valence-electron chi connectivity index (χ4n) is 3.25. The summed E-state index contributed by atoms with van der Waals surface area (Å²) in [6, 6.07) is 0. The molecule has 0 radical (unpaired) electrons. The van der Waals surface area contributed by atoms with Gasteiger partial charge in [-0.25, -0.2) is 14.4 Å². The van der Waals surface area contributed by atoms with Gasteiger partial charge in [0.15, 0.2) is 25.7 Å². The van der Waals surface area contributed by atoms with Gasteiger partial charge in [-0.2, -0.15) is 0 Å². The number of H-pyrrole nitrogens is 1. The number of nitrogens with one attached hydrogen (secondary N) is 1. The zero-order valence-corrected chi connectivity index (χ0v) is 19.0. The Morgan fingerprint density at radius 3 is 2.72 bits per heavy atom. The first-order valence-electron chi connectivity index (χ1n) is 9.71. The lowest BCUT2D eigenvalue weighted by atomic mass is 9.89. The van der Waals surface area contributed by atoms with E-state index in [0.29, 0.717) is 5.82 Å². The Hall–Kier alpha value is -2.02. The molecule has 1 aliphatic heterocycles. The molecule has 2 aromatic rings. The molecule has 0 bridgehead atoms. The zero-order chi connectivity index (χ0) is 21.8. The van der Waals surface area contributed by atoms with Crippen molar-refractivity contribution in [3.63, 3.8) is 0 Å². The molecule has 0 unspecified atom stereocenters. The fraction of sp³-hybridized carbons (Fsp3) is 0.650. The number of terminal acetylenes is 1. The Morgan fingerprint density at radius 1 is 1.48 bits per heavy atom. The maximum Gasteiger partial charge on any atom is 0.279 e. The molecule has 2 aromatic heterocycles. The van der Waals surface area contributed by atoms with E-state index in [9.17, 15) is 4.79 Å². The minimum atomic E-state index is -2.09. The molecule has 0 aromatic carbocycles. The van der Waals surface area contributed by atoms with Crippen LogP contribution in [0.5, 0.6) is 0 Å². The second kappa shape index (κ2) is 7.04. The molecule has 1 fully saturated rings. The third-order valence-electron chi connectivity index (χ3n) is 6.32. The standard InChI is InChI=1S/C20H29FN4O3Si/c1-9-20(21)12(2)14(10-27-29(7,8)19(4,5)6)28-18(20)25-11-22-15-16(25)23-13(3)24-17(15)26/h1,11-12,14,18H,10H2,2-8H3,(H,23,24,26)/t12-,14-,18-,20-/m1/s1. The fourth-order valence-corrected chi connectivity index (χ4v) is 4.26. The molecular weight excluding hydrogens is 391 g/mol. The Labute approximate surface area is 171 Å². The van der Waals surface area contributed by atoms with Crippen molar-refractivity contribution in [3.05, 3.63) is 22.5 Å². The molecule has 29 heavy (non-hydrogen) atoms. The summed E-state index contributed by atoms with van der Waals surface area (Å²) in [5.74, 6) is 2.07. The molecule has 9 heteroatoms. The van der Waals surface area contributed by atoms with Gasteiger partial charge in [-0.05, 0) is 25.1 Å². The summed E-state index contributed by atoms with van der Waals surface area (Å²) in [6.07, 6.45) is 5.29. The van der Waals surface area contributed by atoms with E-state index in [-0.39, 0.29) is 28.4 Å². The monoisotopic (exact) mass is 420 g/mol. The van der Waals surface area contributed by atoms with E-state index in [1.165, 1.54) is 10.9 Å². The van der Waals surface area contributed by atoms with Crippen molar-refractivity contribution < 1.29 is 13.6 Å². The first kappa shape index (κ1) is 21.7. The molecule has 1 N–H and O–H groups in total. The van der Waals surface area contributed by atoms with Gasteiger partial charge in [-0.1, -0.05) is 33.6 Å². The number of aromatic nitrogens is 4. The van der Waals surface area contributed by atoms with Crippen molar-refractivity contribution >= 4 is 19.5 Å². The van der Waals surface area contributed by atoms with E-state index >= 15 is 4.39 Å². The van der Waals surface area contributed by atoms with Crippen LogP contribution in [0.1, 0.15) is 39.7 Å². The number of nitrogens with zero attached hydrogens (tertiary/aromatic N) is 3. The largest absolute Gasteiger partial charge is 0.414 e. The Bertz CT molecular complexity index is 1020. The molecule has 0 aliphatic carbocycles. The van der Waals surface area contributed by atoms with E-state index in [0.717, 1.165) is 0 Å². The highest BCUT2D eigenvalue weighted by Gasteiger charge is 2.56. The molecular formula is C20H29FN4O3Si. The lowest BCUT2D eigenvalue weighted by Gasteiger charge is -2.37. The molecule has 1 aliphatic rings. The lowest BCUT2D eigenvalue weighted by molar-refractivity contribution is -0.0461. The van der Waals surface area contributed by atoms with Crippen molar-refractivity contribution in [2.75, 3.05) is 6.61 Å². The first-order valence-corrected chi connectivity index (χ1v) is 12.6. The number of hydrogen-bond donors (Lipinski definition) is 1. The molecule has 3 heterocycles. The van der Waals surface area contributed by atoms with Gasteiger partial charge in [-0.15, -0.1) is 6.42 Å². The van der Waals surface area contributed by atoms with E-state index in [1.54, 1.807) is 13.8 Å². The topological polar surface area (TPSA) is 82.0 Å². The van der Waals surface area contributed by atoms with Crippen molar-refractivity contribution in [2.24, 2.45) is 5.92 Å². The van der Waals surface area contributed by atoms with Crippen LogP contribution in [0.15, 0.2) is 11.1 Å². The summed E-state index contributed by atoms with van der Waals surface area (Å²) in [4.78, 5) is 23.1. The number of rotatable bonds is 4. The van der Waals surface area contributed by atoms with E-state index in [4.69, 9.17) is 15.6 Å². The third kappa shape index (κ3) is 3.54. The lowest BCUT2D eigenvalue weighted by Crippen LogP contribution is -2.43. The Balaban J connectivity index is 1.95. The van der Waals surface area contributed by atoms with Crippen LogP contribution >= 0.6 is 0 Å². The highest BCUT2D eigenvalue weighted by molar-refractivity contribution is 6.74. The molecule has 0 spiro atoms. The smallest absolute Gasteiger partial charge is 0.279 e. The number of halogens is 1. The van der Waals surface area contributed by atoms with Crippen molar-refractivity contribution in [2.45, 2.75) is 70.8 Å². The minimum absolute atomic E-state index is 0.0240. The van der Waals surface area contributed by atoms with E-state index in [2.05, 4.69) is 54.7 Å². The van der Waals surface area contributed by atoms with Gasteiger partial charge >= 0.3 is 0 Å². The summed E-state index contributed by atoms with van der Waals surface area (Å²) in [5, 5.41) is 0.0240. The average Bonchev–Trinajstić information content (AvgIpc) is 3.13. The van der Waals surface area contributed by atoms with Crippen molar-refractivity contribution in [3.8, 4) is 12.3 Å². The van der Waals surface area contributed by atoms with Crippen LogP contribution in [-0.4, -0.2) is 46.2 Å². The molecule has 158 valence electrons. The summed E-state index contributed by atoms with van der Waals surface area (Å²) >= 11 is 0. The van der Waals surface area contributed by atoms with Crippen LogP contribution < -0.4 is 5.56 Å².